The van der Waals surface area contributed by atoms with Crippen molar-refractivity contribution in [2.75, 3.05) is 17.7 Å². The molecule has 0 radical (unpaired) electrons. The van der Waals surface area contributed by atoms with E-state index in [-0.39, 0.29) is 6.10 Å². The summed E-state index contributed by atoms with van der Waals surface area (Å²) in [5.41, 5.74) is 7.79. The summed E-state index contributed by atoms with van der Waals surface area (Å²) >= 11 is 0. The van der Waals surface area contributed by atoms with Gasteiger partial charge in [-0.15, -0.1) is 0 Å². The van der Waals surface area contributed by atoms with E-state index in [2.05, 4.69) is 38.8 Å². The molecule has 0 amide bonds. The number of nitrogens with two attached hydrogens (primary N) is 1. The molecule has 0 spiro atoms. The van der Waals surface area contributed by atoms with Crippen molar-refractivity contribution in [2.24, 2.45) is 5.92 Å². The molecule has 0 aromatic heterocycles. The molecule has 18 heavy (non-hydrogen) atoms. The molecule has 1 rings (SSSR count). The molecular formula is C15H26N2O. The second kappa shape index (κ2) is 5.98. The zero-order valence-corrected chi connectivity index (χ0v) is 12.4. The lowest BCUT2D eigenvalue weighted by Gasteiger charge is -2.30. The summed E-state index contributed by atoms with van der Waals surface area (Å²) in [7, 11) is 2.10. The standard InChI is InChI=1S/C15H26N2O/c1-10(2)12(5)17(6)14-7-13(16)8-15(9-14)18-11(3)4/h7-12H,16H2,1-6H3. The lowest BCUT2D eigenvalue weighted by atomic mass is 10.0. The van der Waals surface area contributed by atoms with Gasteiger partial charge in [0.2, 0.25) is 0 Å². The highest BCUT2D eigenvalue weighted by Gasteiger charge is 2.15. The van der Waals surface area contributed by atoms with E-state index >= 15 is 0 Å². The highest BCUT2D eigenvalue weighted by atomic mass is 16.5. The van der Waals surface area contributed by atoms with Crippen molar-refractivity contribution in [1.29, 1.82) is 0 Å². The first-order valence-electron chi connectivity index (χ1n) is 6.61. The first kappa shape index (κ1) is 14.7. The van der Waals surface area contributed by atoms with E-state index in [1.54, 1.807) is 0 Å². The first-order chi connectivity index (χ1) is 8.31. The predicted molar refractivity (Wildman–Crippen MR) is 79.3 cm³/mol. The fraction of sp³-hybridized carbons (Fsp3) is 0.600. The van der Waals surface area contributed by atoms with Gasteiger partial charge in [-0.3, -0.25) is 0 Å². The van der Waals surface area contributed by atoms with Crippen LogP contribution in [0.3, 0.4) is 0 Å². The number of hydrogen-bond acceptors (Lipinski definition) is 3. The lowest BCUT2D eigenvalue weighted by Crippen LogP contribution is -2.33. The average molecular weight is 250 g/mol. The molecule has 0 aliphatic rings. The fourth-order valence-electron chi connectivity index (χ4n) is 1.83. The molecule has 1 aromatic carbocycles. The third-order valence-electron chi connectivity index (χ3n) is 3.27. The van der Waals surface area contributed by atoms with Crippen molar-refractivity contribution in [3.05, 3.63) is 18.2 Å². The number of ether oxygens (including phenoxy) is 1. The molecule has 0 aliphatic heterocycles. The van der Waals surface area contributed by atoms with E-state index in [4.69, 9.17) is 10.5 Å². The summed E-state index contributed by atoms with van der Waals surface area (Å²) in [5, 5.41) is 0. The predicted octanol–water partition coefficient (Wildman–Crippen LogP) is 3.54. The SMILES string of the molecule is CC(C)Oc1cc(N)cc(N(C)C(C)C(C)C)c1. The van der Waals surface area contributed by atoms with Gasteiger partial charge >= 0.3 is 0 Å². The fourth-order valence-corrected chi connectivity index (χ4v) is 1.83. The highest BCUT2D eigenvalue weighted by Crippen LogP contribution is 2.28. The Hall–Kier alpha value is -1.38. The second-order valence-electron chi connectivity index (χ2n) is 5.52. The Morgan fingerprint density at radius 2 is 1.67 bits per heavy atom. The molecule has 0 saturated heterocycles. The van der Waals surface area contributed by atoms with Gasteiger partial charge in [-0.2, -0.15) is 0 Å². The van der Waals surface area contributed by atoms with Crippen molar-refractivity contribution in [3.63, 3.8) is 0 Å². The zero-order chi connectivity index (χ0) is 13.9. The quantitative estimate of drug-likeness (QED) is 0.812. The lowest BCUT2D eigenvalue weighted by molar-refractivity contribution is 0.242. The Bertz CT molecular complexity index is 388. The second-order valence-corrected chi connectivity index (χ2v) is 5.52. The minimum atomic E-state index is 0.160. The van der Waals surface area contributed by atoms with E-state index in [0.717, 1.165) is 17.1 Å². The van der Waals surface area contributed by atoms with Gasteiger partial charge in [0.15, 0.2) is 0 Å². The van der Waals surface area contributed by atoms with E-state index in [1.165, 1.54) is 0 Å². The maximum Gasteiger partial charge on any atom is 0.123 e. The van der Waals surface area contributed by atoms with Gasteiger partial charge in [-0.1, -0.05) is 13.8 Å². The molecule has 1 unspecified atom stereocenters. The third-order valence-corrected chi connectivity index (χ3v) is 3.27. The molecule has 2 N–H and O–H groups in total. The smallest absolute Gasteiger partial charge is 0.123 e. The first-order valence-corrected chi connectivity index (χ1v) is 6.61. The van der Waals surface area contributed by atoms with Crippen LogP contribution in [0.5, 0.6) is 5.75 Å². The molecule has 102 valence electrons. The number of benzene rings is 1. The van der Waals surface area contributed by atoms with Crippen molar-refractivity contribution in [3.8, 4) is 5.75 Å². The number of anilines is 2. The number of rotatable bonds is 5. The van der Waals surface area contributed by atoms with Crippen molar-refractivity contribution in [2.45, 2.75) is 46.8 Å². The van der Waals surface area contributed by atoms with Crippen LogP contribution < -0.4 is 15.4 Å². The number of hydrogen-bond donors (Lipinski definition) is 1. The molecular weight excluding hydrogens is 224 g/mol. The normalized spacial score (nSPS) is 12.9. The van der Waals surface area contributed by atoms with E-state index < -0.39 is 0 Å². The molecule has 3 heteroatoms. The Kier molecular flexibility index (Phi) is 4.88. The Balaban J connectivity index is 2.98. The van der Waals surface area contributed by atoms with Gasteiger partial charge in [0.25, 0.3) is 0 Å². The number of nitrogen functional groups attached to an aromatic ring is 1. The third kappa shape index (κ3) is 3.83. The molecule has 0 saturated carbocycles. The van der Waals surface area contributed by atoms with Gasteiger partial charge in [0.05, 0.1) is 6.10 Å². The van der Waals surface area contributed by atoms with Crippen LogP contribution in [0.2, 0.25) is 0 Å². The molecule has 0 bridgehead atoms. The van der Waals surface area contributed by atoms with Crippen LogP contribution in [0, 0.1) is 5.92 Å². The van der Waals surface area contributed by atoms with Crippen molar-refractivity contribution in [1.82, 2.24) is 0 Å². The van der Waals surface area contributed by atoms with Gasteiger partial charge in [0, 0.05) is 36.6 Å². The van der Waals surface area contributed by atoms with Gasteiger partial charge in [-0.05, 0) is 32.8 Å². The number of nitrogens with zero attached hydrogens (tertiary/aromatic N) is 1. The van der Waals surface area contributed by atoms with Crippen molar-refractivity contribution >= 4 is 11.4 Å². The summed E-state index contributed by atoms with van der Waals surface area (Å²) in [5.74, 6) is 1.42. The highest BCUT2D eigenvalue weighted by molar-refractivity contribution is 5.60. The molecule has 1 atom stereocenters. The van der Waals surface area contributed by atoms with Crippen LogP contribution in [0.15, 0.2) is 18.2 Å². The Morgan fingerprint density at radius 1 is 1.06 bits per heavy atom. The molecule has 1 aromatic rings. The van der Waals surface area contributed by atoms with E-state index in [1.807, 2.05) is 26.0 Å². The largest absolute Gasteiger partial charge is 0.491 e. The van der Waals surface area contributed by atoms with Crippen LogP contribution in [0.4, 0.5) is 11.4 Å². The summed E-state index contributed by atoms with van der Waals surface area (Å²) < 4.78 is 5.72. The van der Waals surface area contributed by atoms with Crippen molar-refractivity contribution < 1.29 is 4.74 Å². The summed E-state index contributed by atoms with van der Waals surface area (Å²) in [6.45, 7) is 10.7. The summed E-state index contributed by atoms with van der Waals surface area (Å²) in [6, 6.07) is 6.37. The Labute approximate surface area is 111 Å². The molecule has 0 fully saturated rings. The summed E-state index contributed by atoms with van der Waals surface area (Å²) in [4.78, 5) is 2.24. The van der Waals surface area contributed by atoms with Crippen LogP contribution in [0.1, 0.15) is 34.6 Å². The zero-order valence-electron chi connectivity index (χ0n) is 12.4. The average Bonchev–Trinajstić information content (AvgIpc) is 2.25. The maximum absolute atomic E-state index is 5.94. The topological polar surface area (TPSA) is 38.5 Å². The molecule has 0 heterocycles. The van der Waals surface area contributed by atoms with Gasteiger partial charge in [-0.25, -0.2) is 0 Å². The minimum absolute atomic E-state index is 0.160. The Morgan fingerprint density at radius 3 is 2.17 bits per heavy atom. The van der Waals surface area contributed by atoms with E-state index in [0.29, 0.717) is 12.0 Å². The maximum atomic E-state index is 5.94. The van der Waals surface area contributed by atoms with Crippen LogP contribution >= 0.6 is 0 Å². The van der Waals surface area contributed by atoms with E-state index in [9.17, 15) is 0 Å². The minimum Gasteiger partial charge on any atom is -0.491 e. The van der Waals surface area contributed by atoms with Gasteiger partial charge in [0.1, 0.15) is 5.75 Å². The molecule has 0 aliphatic carbocycles. The van der Waals surface area contributed by atoms with Crippen LogP contribution in [0.25, 0.3) is 0 Å². The molecule has 3 nitrogen and oxygen atoms in total. The summed E-state index contributed by atoms with van der Waals surface area (Å²) in [6.07, 6.45) is 0.160. The van der Waals surface area contributed by atoms with Crippen LogP contribution in [-0.2, 0) is 0 Å². The monoisotopic (exact) mass is 250 g/mol. The van der Waals surface area contributed by atoms with Gasteiger partial charge < -0.3 is 15.4 Å². The van der Waals surface area contributed by atoms with Crippen LogP contribution in [-0.4, -0.2) is 19.2 Å².